The Morgan fingerprint density at radius 2 is 0.672 bits per heavy atom. The summed E-state index contributed by atoms with van der Waals surface area (Å²) in [7, 11) is 10.7. The van der Waals surface area contributed by atoms with Gasteiger partial charge in [-0.05, 0) is 120 Å². The van der Waals surface area contributed by atoms with Crippen molar-refractivity contribution in [3.05, 3.63) is 162 Å². The molecule has 0 unspecified atom stereocenters. The van der Waals surface area contributed by atoms with Crippen LogP contribution >= 0.6 is 9.42 Å². The number of aromatic nitrogens is 3. The molecule has 11 rings (SSSR count). The number of rotatable bonds is 61. The number of carbonyl (C=O) groups excluding carboxylic acids is 4. The second-order valence-electron chi connectivity index (χ2n) is 28.2. The van der Waals surface area contributed by atoms with Crippen LogP contribution in [0.4, 0.5) is 0 Å². The molecule has 122 heavy (non-hydrogen) atoms. The van der Waals surface area contributed by atoms with Crippen molar-refractivity contribution in [2.45, 2.75) is 65.5 Å². The molecule has 0 atom stereocenters. The van der Waals surface area contributed by atoms with E-state index < -0.39 is 11.8 Å². The van der Waals surface area contributed by atoms with E-state index >= 15 is 9.59 Å². The number of pyridine rings is 3. The molecule has 29 heteroatoms. The first kappa shape index (κ1) is 96.1. The number of hydrogen-bond acceptors (Lipinski definition) is 24. The van der Waals surface area contributed by atoms with Gasteiger partial charge in [-0.1, -0.05) is 75.9 Å². The van der Waals surface area contributed by atoms with Gasteiger partial charge < -0.3 is 89.8 Å². The van der Waals surface area contributed by atoms with Crippen LogP contribution in [0.15, 0.2) is 122 Å². The molecule has 0 saturated carbocycles. The number of fused-ring (bicyclic) bond motifs is 2. The predicted octanol–water partition coefficient (Wildman–Crippen LogP) is 12.4. The van der Waals surface area contributed by atoms with E-state index in [4.69, 9.17) is 85.3 Å². The molecule has 0 radical (unpaired) electrons. The van der Waals surface area contributed by atoms with Gasteiger partial charge >= 0.3 is 28.2 Å². The summed E-state index contributed by atoms with van der Waals surface area (Å²) < 4.78 is 103. The average Bonchev–Trinajstić information content (AvgIpc) is 0.679. The molecule has 0 fully saturated rings. The van der Waals surface area contributed by atoms with Crippen LogP contribution < -0.4 is 9.30 Å². The Kier molecular flexibility index (Phi) is 42.5. The molecule has 0 bridgehead atoms. The molecule has 0 aliphatic carbocycles. The van der Waals surface area contributed by atoms with Crippen molar-refractivity contribution in [3.63, 3.8) is 0 Å². The van der Waals surface area contributed by atoms with Crippen molar-refractivity contribution >= 4 is 76.1 Å². The van der Waals surface area contributed by atoms with Crippen molar-refractivity contribution in [2.75, 3.05) is 232 Å². The number of hydrogen-bond donors (Lipinski definition) is 0. The summed E-state index contributed by atoms with van der Waals surface area (Å²) in [5, 5.41) is 4.96. The van der Waals surface area contributed by atoms with Crippen molar-refractivity contribution in [2.24, 2.45) is 0 Å². The Labute approximate surface area is 730 Å². The topological polar surface area (TPSA) is 271 Å². The average molecular weight is 1890 g/mol. The Morgan fingerprint density at radius 3 is 1.01 bits per heavy atom. The Hall–Kier alpha value is -8.12. The number of halogens is 1. The molecule has 5 heterocycles. The van der Waals surface area contributed by atoms with E-state index in [1.165, 1.54) is 9.80 Å². The number of ether oxygens (including phenoxy) is 18. The Bertz CT molecular complexity index is 4690. The molecule has 660 valence electrons. The summed E-state index contributed by atoms with van der Waals surface area (Å²) in [4.78, 5) is 72.1. The summed E-state index contributed by atoms with van der Waals surface area (Å²) in [6.07, 6.45) is 5.81. The number of imide groups is 2. The van der Waals surface area contributed by atoms with Gasteiger partial charge in [0.2, 0.25) is 0 Å². The first-order valence-electron chi connectivity index (χ1n) is 42.0. The zero-order valence-corrected chi connectivity index (χ0v) is 73.7. The summed E-state index contributed by atoms with van der Waals surface area (Å²) in [5.41, 5.74) is 7.69. The van der Waals surface area contributed by atoms with E-state index in [0.717, 1.165) is 33.9 Å². The molecule has 4 amide bonds. The van der Waals surface area contributed by atoms with E-state index in [9.17, 15) is 9.59 Å². The van der Waals surface area contributed by atoms with E-state index in [0.29, 0.717) is 313 Å². The van der Waals surface area contributed by atoms with E-state index in [2.05, 4.69) is 50.4 Å². The number of carbonyl (C=O) groups is 4. The summed E-state index contributed by atoms with van der Waals surface area (Å²) in [5.74, 6) is 5.81. The Morgan fingerprint density at radius 1 is 0.352 bits per heavy atom. The van der Waals surface area contributed by atoms with Gasteiger partial charge in [0.25, 0.3) is 23.6 Å². The molecule has 2 aliphatic rings. The van der Waals surface area contributed by atoms with Crippen molar-refractivity contribution in [1.29, 1.82) is 0 Å². The Balaban J connectivity index is 0.00000774. The summed E-state index contributed by atoms with van der Waals surface area (Å²) >= 11 is 1.61. The van der Waals surface area contributed by atoms with Crippen LogP contribution in [0.3, 0.4) is 0 Å². The maximum atomic E-state index is 15.2. The van der Waals surface area contributed by atoms with Gasteiger partial charge in [-0.25, -0.2) is 0 Å². The van der Waals surface area contributed by atoms with Crippen molar-refractivity contribution < 1.29 is 128 Å². The molecule has 27 nitrogen and oxygen atoms in total. The molecular formula is C93H115ClN5O22Pt+. The maximum absolute atomic E-state index is 15.2. The van der Waals surface area contributed by atoms with Crippen molar-refractivity contribution in [1.82, 2.24) is 19.8 Å². The molecule has 0 spiro atoms. The third-order valence-corrected chi connectivity index (χ3v) is 20.6. The number of nitrogens with zero attached hydrogens (tertiary/aromatic N) is 5. The van der Waals surface area contributed by atoms with Crippen LogP contribution in [-0.2, 0) is 99.3 Å². The van der Waals surface area contributed by atoms with Crippen LogP contribution in [-0.4, -0.2) is 287 Å². The summed E-state index contributed by atoms with van der Waals surface area (Å²) in [6.45, 7) is 22.8. The standard InChI is InChI=1S/C93H115N5O22.ClH.Pt/c1-7-71(8-2)97-90(99)75-26-24-74-87-83(120-62-61-119-60-59-118-58-57-117-56-55-116-54-53-115-52-51-114-50-49-113-48-47-112-46-45-111-44-43-110-42-41-109-40-39-108-38-37-107-36-35-106-34-33-105-32-31-104-30-29-103-6)66-78-86-76(91(100)98(93(78)102)72(9-3)10-4)25-23-73(89(86)87)84-69(63-77(92(97)101)85(75)88(74)84)22-19-67-17-20-68(21-18-67)70-64-81(79-15-11-13-27-94-79)96(5)82(65-70)80-16-12-14-28-95-80;;/h11-18,20-21,23-28,63-66,71-72H,5,7-10,29-62H2,1-4,6H3;1H;/q;;+2/p-1. The van der Waals surface area contributed by atoms with Crippen LogP contribution in [0.25, 0.3) is 77.0 Å². The van der Waals surface area contributed by atoms with Gasteiger partial charge in [-0.2, -0.15) is 0 Å². The first-order chi connectivity index (χ1) is 60.1. The molecule has 2 aliphatic heterocycles. The summed E-state index contributed by atoms with van der Waals surface area (Å²) in [6, 6.07) is 34.0. The van der Waals surface area contributed by atoms with Crippen LogP contribution in [0.5, 0.6) is 5.75 Å². The van der Waals surface area contributed by atoms with Gasteiger partial charge in [0.05, 0.1) is 235 Å². The first-order valence-corrected chi connectivity index (χ1v) is 44.8. The molecule has 9 aromatic rings. The zero-order chi connectivity index (χ0) is 85.9. The van der Waals surface area contributed by atoms with E-state index in [1.54, 1.807) is 56.5 Å². The van der Waals surface area contributed by atoms with Crippen LogP contribution in [0, 0.1) is 18.9 Å². The van der Waals surface area contributed by atoms with Gasteiger partial charge in [-0.3, -0.25) is 38.9 Å². The fourth-order valence-electron chi connectivity index (χ4n) is 14.5. The van der Waals surface area contributed by atoms with Gasteiger partial charge in [0.15, 0.2) is 0 Å². The quantitative estimate of drug-likeness (QED) is 0.00651. The van der Waals surface area contributed by atoms with E-state index in [-0.39, 0.29) is 43.7 Å². The second-order valence-corrected chi connectivity index (χ2v) is 28.2. The molecule has 3 aromatic heterocycles. The molecular weight excluding hydrogens is 1770 g/mol. The third-order valence-electron chi connectivity index (χ3n) is 20.6. The fraction of sp³-hybridized carbons (Fsp3) is 0.484. The number of amides is 4. The van der Waals surface area contributed by atoms with Crippen LogP contribution in [0.2, 0.25) is 0 Å². The fourth-order valence-corrected chi connectivity index (χ4v) is 14.5. The van der Waals surface area contributed by atoms with Gasteiger partial charge in [0.1, 0.15) is 23.7 Å². The SMILES string of the molecule is [CH2-][n+]1c(-c2ccccn2)cc(-c2ccc(C#Cc3cc4c5c(ccc6c7c(OCCOCCOCCOCCOCCOCCOCCOCCOCCOCCOCCOCCOCCOCCOCCOCCOCCOC)cc8c9c(ccc(c3c56)c97)C(=O)N(C(CC)CC)C8=O)C(=O)N(C(CC)CC)C4=O)cc2)cc1-c1ccccn1.[Cl][Pt+]. The zero-order valence-electron chi connectivity index (χ0n) is 70.7. The molecule has 6 aromatic carbocycles. The monoisotopic (exact) mass is 1880 g/mol. The number of methoxy groups -OCH3 is 1. The van der Waals surface area contributed by atoms with Gasteiger partial charge in [-0.15, -0.1) is 0 Å². The second kappa shape index (κ2) is 53.9. The third kappa shape index (κ3) is 27.0. The van der Waals surface area contributed by atoms with Crippen LogP contribution in [0.1, 0.15) is 106 Å². The van der Waals surface area contributed by atoms with Crippen molar-refractivity contribution in [3.8, 4) is 51.5 Å². The molecule has 0 saturated heterocycles. The minimum atomic E-state index is -0.412. The predicted molar refractivity (Wildman–Crippen MR) is 459 cm³/mol. The molecule has 0 N–H and O–H groups in total. The number of benzene rings is 6. The van der Waals surface area contributed by atoms with Gasteiger partial charge in [0, 0.05) is 98.8 Å². The van der Waals surface area contributed by atoms with E-state index in [1.807, 2.05) is 111 Å². The normalized spacial score (nSPS) is 12.7. The minimum absolute atomic E-state index is 0.0897.